The highest BCUT2D eigenvalue weighted by Gasteiger charge is 2.18. The van der Waals surface area contributed by atoms with Gasteiger partial charge in [0.2, 0.25) is 5.16 Å². The lowest BCUT2D eigenvalue weighted by Crippen LogP contribution is -2.05. The fourth-order valence-electron chi connectivity index (χ4n) is 1.59. The number of hydrogen-bond acceptors (Lipinski definition) is 6. The Kier molecular flexibility index (Phi) is 4.46. The van der Waals surface area contributed by atoms with Gasteiger partial charge in [-0.05, 0) is 22.2 Å². The van der Waals surface area contributed by atoms with E-state index in [1.54, 1.807) is 0 Å². The van der Waals surface area contributed by atoms with Crippen LogP contribution in [0.5, 0.6) is 5.75 Å². The summed E-state index contributed by atoms with van der Waals surface area (Å²) >= 11 is 7.57. The van der Waals surface area contributed by atoms with E-state index in [1.165, 1.54) is 35.7 Å². The molecule has 1 aromatic carbocycles. The van der Waals surface area contributed by atoms with Crippen LogP contribution in [-0.4, -0.2) is 44.1 Å². The van der Waals surface area contributed by atoms with Gasteiger partial charge in [-0.1, -0.05) is 30.3 Å². The molecule has 9 heteroatoms. The van der Waals surface area contributed by atoms with Gasteiger partial charge in [0.05, 0.1) is 17.8 Å². The van der Waals surface area contributed by atoms with Crippen LogP contribution in [0.2, 0.25) is 5.02 Å². The number of carbonyl (C=O) groups is 1. The molecule has 0 saturated heterocycles. The molecular formula is C11H11ClN4O3S. The monoisotopic (exact) mass is 314 g/mol. The van der Waals surface area contributed by atoms with Crippen LogP contribution in [0.1, 0.15) is 17.3 Å². The Morgan fingerprint density at radius 1 is 1.55 bits per heavy atom. The maximum atomic E-state index is 11.1. The molecule has 0 aliphatic heterocycles. The highest BCUT2D eigenvalue weighted by molar-refractivity contribution is 7.99. The van der Waals surface area contributed by atoms with Crippen LogP contribution >= 0.6 is 23.4 Å². The van der Waals surface area contributed by atoms with Crippen LogP contribution in [0.3, 0.4) is 0 Å². The summed E-state index contributed by atoms with van der Waals surface area (Å²) in [4.78, 5) is 11.1. The highest BCUT2D eigenvalue weighted by Crippen LogP contribution is 2.31. The van der Waals surface area contributed by atoms with Crippen LogP contribution in [0, 0.1) is 0 Å². The minimum Gasteiger partial charge on any atom is -0.496 e. The molecule has 2 rings (SSSR count). The van der Waals surface area contributed by atoms with Gasteiger partial charge < -0.3 is 9.84 Å². The molecule has 0 radical (unpaired) electrons. The zero-order valence-corrected chi connectivity index (χ0v) is 12.3. The number of aromatic carboxylic acids is 1. The quantitative estimate of drug-likeness (QED) is 0.845. The minimum atomic E-state index is -1.12. The number of tetrazole rings is 1. The molecule has 0 aliphatic carbocycles. The van der Waals surface area contributed by atoms with Crippen molar-refractivity contribution in [2.75, 3.05) is 12.9 Å². The molecular weight excluding hydrogens is 304 g/mol. The zero-order chi connectivity index (χ0) is 14.7. The first-order valence-corrected chi connectivity index (χ1v) is 6.97. The predicted molar refractivity (Wildman–Crippen MR) is 74.1 cm³/mol. The first-order chi connectivity index (χ1) is 9.58. The van der Waals surface area contributed by atoms with Crippen LogP contribution in [0.4, 0.5) is 0 Å². The number of carboxylic acid groups (broad SMARTS) is 1. The molecule has 1 aromatic heterocycles. The normalized spacial score (nSPS) is 10.6. The Morgan fingerprint density at radius 3 is 2.90 bits per heavy atom. The molecule has 0 unspecified atom stereocenters. The maximum Gasteiger partial charge on any atom is 0.339 e. The molecule has 0 spiro atoms. The first-order valence-electron chi connectivity index (χ1n) is 5.60. The van der Waals surface area contributed by atoms with Crippen LogP contribution in [-0.2, 0) is 0 Å². The molecule has 0 atom stereocenters. The van der Waals surface area contributed by atoms with E-state index < -0.39 is 5.97 Å². The lowest BCUT2D eigenvalue weighted by Gasteiger charge is -2.10. The SMILES string of the molecule is CCSc1nnnn1-c1cc(OC)c(C(=O)O)cc1Cl. The van der Waals surface area contributed by atoms with Crippen molar-refractivity contribution >= 4 is 29.3 Å². The number of ether oxygens (including phenoxy) is 1. The second-order valence-electron chi connectivity index (χ2n) is 3.62. The Hall–Kier alpha value is -1.80. The second kappa shape index (κ2) is 6.10. The van der Waals surface area contributed by atoms with E-state index in [1.807, 2.05) is 6.92 Å². The number of hydrogen-bond donors (Lipinski definition) is 1. The van der Waals surface area contributed by atoms with Crippen molar-refractivity contribution in [2.24, 2.45) is 0 Å². The van der Waals surface area contributed by atoms with E-state index in [0.717, 1.165) is 5.75 Å². The van der Waals surface area contributed by atoms with Gasteiger partial charge >= 0.3 is 5.97 Å². The lowest BCUT2D eigenvalue weighted by molar-refractivity contribution is 0.0693. The number of carboxylic acids is 1. The summed E-state index contributed by atoms with van der Waals surface area (Å²) in [5, 5.41) is 21.2. The summed E-state index contributed by atoms with van der Waals surface area (Å²) in [6.45, 7) is 1.97. The number of rotatable bonds is 5. The van der Waals surface area contributed by atoms with Gasteiger partial charge in [-0.3, -0.25) is 0 Å². The van der Waals surface area contributed by atoms with E-state index in [0.29, 0.717) is 10.8 Å². The van der Waals surface area contributed by atoms with Crippen LogP contribution < -0.4 is 4.74 Å². The van der Waals surface area contributed by atoms with Crippen molar-refractivity contribution in [1.29, 1.82) is 0 Å². The van der Waals surface area contributed by atoms with E-state index >= 15 is 0 Å². The second-order valence-corrected chi connectivity index (χ2v) is 5.25. The Bertz CT molecular complexity index is 647. The summed E-state index contributed by atoms with van der Waals surface area (Å²) in [5.74, 6) is -0.127. The summed E-state index contributed by atoms with van der Waals surface area (Å²) in [5.41, 5.74) is 0.452. The van der Waals surface area contributed by atoms with E-state index in [4.69, 9.17) is 21.4 Å². The molecule has 0 bridgehead atoms. The van der Waals surface area contributed by atoms with E-state index in [2.05, 4.69) is 15.5 Å². The van der Waals surface area contributed by atoms with Crippen molar-refractivity contribution in [3.8, 4) is 11.4 Å². The largest absolute Gasteiger partial charge is 0.496 e. The van der Waals surface area contributed by atoms with Crippen molar-refractivity contribution in [2.45, 2.75) is 12.1 Å². The molecule has 106 valence electrons. The maximum absolute atomic E-state index is 11.1. The topological polar surface area (TPSA) is 90.1 Å². The van der Waals surface area contributed by atoms with Crippen molar-refractivity contribution < 1.29 is 14.6 Å². The fourth-order valence-corrected chi connectivity index (χ4v) is 2.44. The molecule has 20 heavy (non-hydrogen) atoms. The summed E-state index contributed by atoms with van der Waals surface area (Å²) in [7, 11) is 1.39. The Labute approximate surface area is 123 Å². The van der Waals surface area contributed by atoms with Gasteiger partial charge in [-0.2, -0.15) is 4.68 Å². The predicted octanol–water partition coefficient (Wildman–Crippen LogP) is 2.13. The molecule has 1 N–H and O–H groups in total. The summed E-state index contributed by atoms with van der Waals surface area (Å²) in [6.07, 6.45) is 0. The van der Waals surface area contributed by atoms with Crippen LogP contribution in [0.15, 0.2) is 17.3 Å². The molecule has 0 saturated carbocycles. The molecule has 7 nitrogen and oxygen atoms in total. The Balaban J connectivity index is 2.57. The standard InChI is InChI=1S/C11H11ClN4O3S/c1-3-20-11-13-14-15-16(11)8-5-9(19-2)6(10(17)18)4-7(8)12/h4-5H,3H2,1-2H3,(H,17,18). The third kappa shape index (κ3) is 2.70. The molecule has 0 aliphatic rings. The zero-order valence-electron chi connectivity index (χ0n) is 10.7. The van der Waals surface area contributed by atoms with Gasteiger partial charge in [0.1, 0.15) is 11.3 Å². The van der Waals surface area contributed by atoms with Gasteiger partial charge in [0.15, 0.2) is 0 Å². The molecule has 0 amide bonds. The number of aromatic nitrogens is 4. The third-order valence-electron chi connectivity index (χ3n) is 2.44. The third-order valence-corrected chi connectivity index (χ3v) is 3.55. The number of halogens is 1. The Morgan fingerprint density at radius 2 is 2.30 bits per heavy atom. The number of benzene rings is 1. The van der Waals surface area contributed by atoms with E-state index in [-0.39, 0.29) is 16.3 Å². The summed E-state index contributed by atoms with van der Waals surface area (Å²) < 4.78 is 6.52. The smallest absolute Gasteiger partial charge is 0.339 e. The minimum absolute atomic E-state index is 0.0148. The van der Waals surface area contributed by atoms with E-state index in [9.17, 15) is 4.79 Å². The number of nitrogens with zero attached hydrogens (tertiary/aromatic N) is 4. The number of methoxy groups -OCH3 is 1. The van der Waals surface area contributed by atoms with Crippen molar-refractivity contribution in [3.63, 3.8) is 0 Å². The van der Waals surface area contributed by atoms with Crippen molar-refractivity contribution in [3.05, 3.63) is 22.7 Å². The average molecular weight is 315 g/mol. The summed E-state index contributed by atoms with van der Waals surface area (Å²) in [6, 6.07) is 2.82. The first kappa shape index (κ1) is 14.6. The average Bonchev–Trinajstić information content (AvgIpc) is 2.87. The van der Waals surface area contributed by atoms with Gasteiger partial charge in [0, 0.05) is 6.07 Å². The van der Waals surface area contributed by atoms with Crippen LogP contribution in [0.25, 0.3) is 5.69 Å². The lowest BCUT2D eigenvalue weighted by atomic mass is 10.2. The van der Waals surface area contributed by atoms with Gasteiger partial charge in [0.25, 0.3) is 0 Å². The van der Waals surface area contributed by atoms with Gasteiger partial charge in [-0.25, -0.2) is 4.79 Å². The van der Waals surface area contributed by atoms with Crippen molar-refractivity contribution in [1.82, 2.24) is 20.2 Å². The molecule has 0 fully saturated rings. The fraction of sp³-hybridized carbons (Fsp3) is 0.273. The van der Waals surface area contributed by atoms with Gasteiger partial charge in [-0.15, -0.1) is 5.10 Å². The molecule has 2 aromatic rings. The highest BCUT2D eigenvalue weighted by atomic mass is 35.5. The number of thioether (sulfide) groups is 1. The molecule has 1 heterocycles.